The summed E-state index contributed by atoms with van der Waals surface area (Å²) in [5, 5.41) is 0. The predicted molar refractivity (Wildman–Crippen MR) is 157 cm³/mol. The van der Waals surface area contributed by atoms with E-state index in [0.29, 0.717) is 5.92 Å². The van der Waals surface area contributed by atoms with E-state index in [1.54, 1.807) is 20.9 Å². The molecule has 2 aliphatic rings. The molecule has 0 saturated carbocycles. The molecule has 0 nitrogen and oxygen atoms in total. The first-order chi connectivity index (χ1) is 16.5. The second-order valence-electron chi connectivity index (χ2n) is 14.5. The van der Waals surface area contributed by atoms with Crippen molar-refractivity contribution in [2.24, 2.45) is 11.3 Å². The molecule has 2 aliphatic carbocycles. The predicted octanol–water partition coefficient (Wildman–Crippen LogP) is 9.20. The summed E-state index contributed by atoms with van der Waals surface area (Å²) >= 11 is -2.27. The molecule has 1 atom stereocenters. The van der Waals surface area contributed by atoms with Crippen LogP contribution in [0.5, 0.6) is 0 Å². The van der Waals surface area contributed by atoms with E-state index >= 15 is 0 Å². The summed E-state index contributed by atoms with van der Waals surface area (Å²) in [4.78, 5) is 0. The van der Waals surface area contributed by atoms with Gasteiger partial charge in [-0.05, 0) is 0 Å². The zero-order valence-electron chi connectivity index (χ0n) is 25.0. The summed E-state index contributed by atoms with van der Waals surface area (Å²) in [6.45, 7) is 28.5. The Kier molecular flexibility index (Phi) is 7.27. The summed E-state index contributed by atoms with van der Waals surface area (Å²) in [5.74, 6) is 0.605. The topological polar surface area (TPSA) is 0 Å². The van der Waals surface area contributed by atoms with Gasteiger partial charge >= 0.3 is 231 Å². The summed E-state index contributed by atoms with van der Waals surface area (Å²) in [6.07, 6.45) is 7.55. The Morgan fingerprint density at radius 3 is 1.94 bits per heavy atom. The van der Waals surface area contributed by atoms with Gasteiger partial charge in [0.1, 0.15) is 0 Å². The molecule has 1 heteroatoms. The van der Waals surface area contributed by atoms with Crippen LogP contribution in [0.4, 0.5) is 0 Å². The molecule has 0 bridgehead atoms. The molecule has 36 heavy (non-hydrogen) atoms. The number of allylic oxidation sites excluding steroid dienone is 4. The van der Waals surface area contributed by atoms with Gasteiger partial charge in [-0.1, -0.05) is 0 Å². The molecule has 0 heterocycles. The SMILES string of the molecule is CCC1C=C(C(C)(C)C)C=[C]1[Zr](=[C](C)C)[c]1cc(C(C)(C)C)cc2c1Cc1ccc(C(C)(C)C)cc1-2. The number of hydrogen-bond donors (Lipinski definition) is 0. The first-order valence-electron chi connectivity index (χ1n) is 14.0. The van der Waals surface area contributed by atoms with E-state index in [-0.39, 0.29) is 16.2 Å². The average molecular weight is 560 g/mol. The van der Waals surface area contributed by atoms with Crippen LogP contribution in [-0.4, -0.2) is 3.21 Å². The van der Waals surface area contributed by atoms with Crippen molar-refractivity contribution in [3.8, 4) is 11.1 Å². The molecule has 2 aromatic rings. The van der Waals surface area contributed by atoms with Gasteiger partial charge < -0.3 is 0 Å². The van der Waals surface area contributed by atoms with Crippen molar-refractivity contribution in [2.45, 2.75) is 107 Å². The van der Waals surface area contributed by atoms with Gasteiger partial charge in [-0.15, -0.1) is 0 Å². The van der Waals surface area contributed by atoms with Crippen LogP contribution in [0.25, 0.3) is 11.1 Å². The summed E-state index contributed by atoms with van der Waals surface area (Å²) in [7, 11) is 0. The molecule has 0 amide bonds. The molecule has 192 valence electrons. The van der Waals surface area contributed by atoms with E-state index in [4.69, 9.17) is 0 Å². The van der Waals surface area contributed by atoms with E-state index in [0.717, 1.165) is 6.42 Å². The van der Waals surface area contributed by atoms with Gasteiger partial charge in [0, 0.05) is 0 Å². The van der Waals surface area contributed by atoms with Gasteiger partial charge in [0.15, 0.2) is 0 Å². The van der Waals surface area contributed by atoms with Crippen molar-refractivity contribution in [2.75, 3.05) is 0 Å². The molecular formula is C35H48Zr. The van der Waals surface area contributed by atoms with Crippen LogP contribution >= 0.6 is 0 Å². The van der Waals surface area contributed by atoms with Crippen LogP contribution < -0.4 is 3.27 Å². The fraction of sp³-hybridized carbons (Fsp3) is 0.514. The van der Waals surface area contributed by atoms with Crippen LogP contribution in [0, 0.1) is 11.3 Å². The quantitative estimate of drug-likeness (QED) is 0.300. The van der Waals surface area contributed by atoms with Crippen molar-refractivity contribution >= 4 is 6.48 Å². The van der Waals surface area contributed by atoms with Crippen molar-refractivity contribution in [1.29, 1.82) is 0 Å². The van der Waals surface area contributed by atoms with E-state index in [9.17, 15) is 0 Å². The Hall–Kier alpha value is -1.33. The zero-order chi connectivity index (χ0) is 26.8. The molecule has 4 rings (SSSR count). The van der Waals surface area contributed by atoms with Gasteiger partial charge in [-0.3, -0.25) is 0 Å². The Morgan fingerprint density at radius 1 is 0.806 bits per heavy atom. The zero-order valence-corrected chi connectivity index (χ0v) is 27.5. The minimum absolute atomic E-state index is 0.132. The van der Waals surface area contributed by atoms with Gasteiger partial charge in [0.2, 0.25) is 0 Å². The molecule has 0 fully saturated rings. The third-order valence-electron chi connectivity index (χ3n) is 8.20. The monoisotopic (exact) mass is 558 g/mol. The average Bonchev–Trinajstić information content (AvgIpc) is 3.33. The van der Waals surface area contributed by atoms with E-state index in [1.807, 2.05) is 0 Å². The first kappa shape index (κ1) is 27.7. The number of fused-ring (bicyclic) bond motifs is 3. The Morgan fingerprint density at radius 2 is 1.42 bits per heavy atom. The van der Waals surface area contributed by atoms with Crippen molar-refractivity contribution < 1.29 is 21.3 Å². The van der Waals surface area contributed by atoms with Crippen molar-refractivity contribution in [1.82, 2.24) is 0 Å². The second-order valence-corrected chi connectivity index (χ2v) is 21.5. The summed E-state index contributed by atoms with van der Waals surface area (Å²) < 4.78 is 5.23. The first-order valence-corrected chi connectivity index (χ1v) is 17.6. The van der Waals surface area contributed by atoms with Crippen LogP contribution in [-0.2, 0) is 38.5 Å². The molecule has 0 aliphatic heterocycles. The number of hydrogen-bond acceptors (Lipinski definition) is 0. The molecule has 0 radical (unpaired) electrons. The maximum absolute atomic E-state index is 2.65. The third-order valence-corrected chi connectivity index (χ3v) is 15.8. The molecule has 0 spiro atoms. The molecule has 1 unspecified atom stereocenters. The van der Waals surface area contributed by atoms with Crippen LogP contribution in [0.15, 0.2) is 51.3 Å². The van der Waals surface area contributed by atoms with Gasteiger partial charge in [0.25, 0.3) is 0 Å². The molecule has 2 aromatic carbocycles. The van der Waals surface area contributed by atoms with Crippen LogP contribution in [0.2, 0.25) is 0 Å². The van der Waals surface area contributed by atoms with Crippen LogP contribution in [0.3, 0.4) is 0 Å². The molecule has 0 saturated heterocycles. The molecule has 0 N–H and O–H groups in total. The van der Waals surface area contributed by atoms with E-state index in [1.165, 1.54) is 34.2 Å². The maximum atomic E-state index is 2.65. The van der Waals surface area contributed by atoms with E-state index in [2.05, 4.69) is 126 Å². The normalized spacial score (nSPS) is 17.5. The van der Waals surface area contributed by atoms with Gasteiger partial charge in [0.05, 0.1) is 0 Å². The Labute approximate surface area is 229 Å². The minimum atomic E-state index is -2.27. The molecular weight excluding hydrogens is 512 g/mol. The summed E-state index contributed by atoms with van der Waals surface area (Å²) in [5.41, 5.74) is 11.2. The Bertz CT molecular complexity index is 1290. The fourth-order valence-corrected chi connectivity index (χ4v) is 13.7. The van der Waals surface area contributed by atoms with Crippen LogP contribution in [0.1, 0.15) is 112 Å². The standard InChI is InChI=1S/C21H25.C11H17.C3H6.Zr/c1-20(2,3)16-9-7-14-11-15-8-10-17(21(4,5)6)13-19(15)18(14)12-16;1-5-9-6-7-10(8-9)11(2,3)4;1-3-2;/h7,9-10,12-13H,11H2,1-6H3;7-9H,5H2,1-4H3;1-2H3;. The number of benzene rings is 2. The Balaban J connectivity index is 1.98. The van der Waals surface area contributed by atoms with Crippen molar-refractivity contribution in [3.05, 3.63) is 73.6 Å². The van der Waals surface area contributed by atoms with Crippen molar-refractivity contribution in [3.63, 3.8) is 0 Å². The second kappa shape index (κ2) is 9.45. The number of rotatable bonds is 3. The summed E-state index contributed by atoms with van der Waals surface area (Å²) in [6, 6.07) is 12.5. The molecule has 0 aromatic heterocycles. The fourth-order valence-electron chi connectivity index (χ4n) is 5.80. The van der Waals surface area contributed by atoms with Gasteiger partial charge in [-0.2, -0.15) is 0 Å². The van der Waals surface area contributed by atoms with E-state index < -0.39 is 21.3 Å². The third kappa shape index (κ3) is 5.16. The van der Waals surface area contributed by atoms with Gasteiger partial charge in [-0.25, -0.2) is 0 Å².